The number of halogens is 1. The van der Waals surface area contributed by atoms with E-state index in [0.29, 0.717) is 27.0 Å². The lowest BCUT2D eigenvalue weighted by molar-refractivity contribution is -0.114. The lowest BCUT2D eigenvalue weighted by atomic mass is 10.2. The molecular weight excluding hydrogens is 408 g/mol. The average molecular weight is 425 g/mol. The van der Waals surface area contributed by atoms with Gasteiger partial charge in [-0.05, 0) is 30.3 Å². The molecule has 1 aliphatic heterocycles. The summed E-state index contributed by atoms with van der Waals surface area (Å²) in [5.74, 6) is 0.0919. The summed E-state index contributed by atoms with van der Waals surface area (Å²) in [5, 5.41) is 25.0. The van der Waals surface area contributed by atoms with E-state index >= 15 is 0 Å². The van der Waals surface area contributed by atoms with Crippen LogP contribution in [0.5, 0.6) is 0 Å². The first-order valence-corrected chi connectivity index (χ1v) is 10.1. The average Bonchev–Trinajstić information content (AvgIpc) is 3.26. The molecule has 146 valence electrons. The molecule has 29 heavy (non-hydrogen) atoms. The number of thiazole rings is 1. The van der Waals surface area contributed by atoms with Crippen molar-refractivity contribution >= 4 is 51.6 Å². The smallest absolute Gasteiger partial charge is 0.221 e. The summed E-state index contributed by atoms with van der Waals surface area (Å²) in [6.07, 6.45) is 0. The minimum Gasteiger partial charge on any atom is -0.510 e. The third-order valence-corrected chi connectivity index (χ3v) is 5.55. The summed E-state index contributed by atoms with van der Waals surface area (Å²) in [4.78, 5) is 17.6. The third-order valence-electron chi connectivity index (χ3n) is 4.44. The standard InChI is InChI=1S/C21H17ClN4O2S/c1-12(27)24-15-3-2-4-16(9-15)26-10-18(28)19(20(26)23)21-25-17(11-29-21)13-5-7-14(22)8-6-13/h2-9,11,23,28H,10H2,1H3,(H,24,27). The number of carbonyl (C=O) groups is 1. The van der Waals surface area contributed by atoms with Crippen molar-refractivity contribution in [3.63, 3.8) is 0 Å². The van der Waals surface area contributed by atoms with E-state index in [1.54, 1.807) is 35.2 Å². The van der Waals surface area contributed by atoms with Crippen LogP contribution in [0.15, 0.2) is 59.7 Å². The van der Waals surface area contributed by atoms with Crippen molar-refractivity contribution in [3.8, 4) is 11.3 Å². The fraction of sp³-hybridized carbons (Fsp3) is 0.0952. The number of hydrogen-bond donors (Lipinski definition) is 3. The van der Waals surface area contributed by atoms with Gasteiger partial charge in [-0.25, -0.2) is 4.98 Å². The van der Waals surface area contributed by atoms with E-state index in [2.05, 4.69) is 10.3 Å². The van der Waals surface area contributed by atoms with Crippen LogP contribution in [-0.4, -0.2) is 28.4 Å². The van der Waals surface area contributed by atoms with Crippen LogP contribution in [0.1, 0.15) is 11.9 Å². The predicted molar refractivity (Wildman–Crippen MR) is 118 cm³/mol. The second-order valence-electron chi connectivity index (χ2n) is 6.53. The van der Waals surface area contributed by atoms with Crippen LogP contribution >= 0.6 is 22.9 Å². The lowest BCUT2D eigenvalue weighted by Gasteiger charge is -2.19. The van der Waals surface area contributed by atoms with Gasteiger partial charge in [-0.1, -0.05) is 29.8 Å². The molecule has 0 fully saturated rings. The van der Waals surface area contributed by atoms with Crippen LogP contribution in [0, 0.1) is 5.41 Å². The van der Waals surface area contributed by atoms with Gasteiger partial charge in [0.2, 0.25) is 5.91 Å². The molecule has 2 heterocycles. The Kier molecular flexibility index (Phi) is 5.08. The van der Waals surface area contributed by atoms with E-state index in [1.807, 2.05) is 23.6 Å². The first-order valence-electron chi connectivity index (χ1n) is 8.80. The van der Waals surface area contributed by atoms with E-state index in [0.717, 1.165) is 11.3 Å². The van der Waals surface area contributed by atoms with Gasteiger partial charge in [0, 0.05) is 34.3 Å². The highest BCUT2D eigenvalue weighted by atomic mass is 35.5. The molecule has 3 N–H and O–H groups in total. The number of rotatable bonds is 4. The van der Waals surface area contributed by atoms with Crippen molar-refractivity contribution in [1.82, 2.24) is 4.98 Å². The lowest BCUT2D eigenvalue weighted by Crippen LogP contribution is -2.26. The van der Waals surface area contributed by atoms with Crippen molar-refractivity contribution in [2.24, 2.45) is 0 Å². The van der Waals surface area contributed by atoms with E-state index in [4.69, 9.17) is 17.0 Å². The monoisotopic (exact) mass is 424 g/mol. The third kappa shape index (κ3) is 3.87. The maximum Gasteiger partial charge on any atom is 0.221 e. The van der Waals surface area contributed by atoms with E-state index < -0.39 is 0 Å². The quantitative estimate of drug-likeness (QED) is 0.537. The molecule has 1 aliphatic rings. The molecule has 6 nitrogen and oxygen atoms in total. The Morgan fingerprint density at radius 2 is 2.03 bits per heavy atom. The molecule has 0 radical (unpaired) electrons. The zero-order valence-corrected chi connectivity index (χ0v) is 17.0. The summed E-state index contributed by atoms with van der Waals surface area (Å²) in [7, 11) is 0. The molecule has 0 saturated heterocycles. The maximum atomic E-state index is 11.3. The number of nitrogens with one attached hydrogen (secondary N) is 2. The fourth-order valence-electron chi connectivity index (χ4n) is 3.12. The molecule has 2 aromatic carbocycles. The topological polar surface area (TPSA) is 89.3 Å². The molecule has 0 unspecified atom stereocenters. The molecule has 1 amide bonds. The molecule has 1 aromatic heterocycles. The highest BCUT2D eigenvalue weighted by molar-refractivity contribution is 7.11. The summed E-state index contributed by atoms with van der Waals surface area (Å²) in [5.41, 5.74) is 3.44. The van der Waals surface area contributed by atoms with E-state index in [1.165, 1.54) is 18.3 Å². The van der Waals surface area contributed by atoms with Gasteiger partial charge in [-0.2, -0.15) is 0 Å². The Labute approximate surface area is 176 Å². The largest absolute Gasteiger partial charge is 0.510 e. The molecule has 0 bridgehead atoms. The number of carbonyl (C=O) groups excluding carboxylic acids is 1. The molecule has 3 aromatic rings. The van der Waals surface area contributed by atoms with Gasteiger partial charge in [0.25, 0.3) is 0 Å². The molecule has 0 saturated carbocycles. The highest BCUT2D eigenvalue weighted by Crippen LogP contribution is 2.35. The zero-order chi connectivity index (χ0) is 20.5. The number of amidine groups is 1. The SMILES string of the molecule is CC(=O)Nc1cccc(N2CC(O)=C(c3nc(-c4ccc(Cl)cc4)cs3)C2=N)c1. The van der Waals surface area contributed by atoms with Crippen molar-refractivity contribution in [2.75, 3.05) is 16.8 Å². The summed E-state index contributed by atoms with van der Waals surface area (Å²) < 4.78 is 0. The fourth-order valence-corrected chi connectivity index (χ4v) is 4.14. The number of amides is 1. The van der Waals surface area contributed by atoms with Crippen LogP contribution in [0.3, 0.4) is 0 Å². The molecule has 0 spiro atoms. The van der Waals surface area contributed by atoms with Gasteiger partial charge >= 0.3 is 0 Å². The molecular formula is C21H17ClN4O2S. The van der Waals surface area contributed by atoms with Crippen LogP contribution < -0.4 is 10.2 Å². The van der Waals surface area contributed by atoms with Gasteiger partial charge in [-0.3, -0.25) is 10.2 Å². The van der Waals surface area contributed by atoms with Gasteiger partial charge in [-0.15, -0.1) is 11.3 Å². The Balaban J connectivity index is 1.60. The number of anilines is 2. The Hall–Kier alpha value is -3.16. The highest BCUT2D eigenvalue weighted by Gasteiger charge is 2.31. The number of aromatic nitrogens is 1. The van der Waals surface area contributed by atoms with E-state index in [9.17, 15) is 9.90 Å². The van der Waals surface area contributed by atoms with Gasteiger partial charge in [0.15, 0.2) is 0 Å². The van der Waals surface area contributed by atoms with Gasteiger partial charge in [0.1, 0.15) is 16.6 Å². The maximum absolute atomic E-state index is 11.3. The second kappa shape index (κ2) is 7.69. The number of benzene rings is 2. The van der Waals surface area contributed by atoms with Crippen molar-refractivity contribution < 1.29 is 9.90 Å². The summed E-state index contributed by atoms with van der Waals surface area (Å²) >= 11 is 7.32. The van der Waals surface area contributed by atoms with Crippen LogP contribution in [-0.2, 0) is 4.79 Å². The number of hydrogen-bond acceptors (Lipinski definition) is 5. The Bertz CT molecular complexity index is 1140. The minimum absolute atomic E-state index is 0.0944. The first-order chi connectivity index (χ1) is 13.9. The van der Waals surface area contributed by atoms with Crippen molar-refractivity contribution in [2.45, 2.75) is 6.92 Å². The number of aliphatic hydroxyl groups excluding tert-OH is 1. The molecule has 4 rings (SSSR count). The molecule has 0 atom stereocenters. The summed E-state index contributed by atoms with van der Waals surface area (Å²) in [6, 6.07) is 14.5. The molecule has 8 heteroatoms. The van der Waals surface area contributed by atoms with Crippen LogP contribution in [0.2, 0.25) is 5.02 Å². The van der Waals surface area contributed by atoms with Crippen molar-refractivity contribution in [1.29, 1.82) is 5.41 Å². The second-order valence-corrected chi connectivity index (χ2v) is 7.83. The number of aliphatic hydroxyl groups is 1. The van der Waals surface area contributed by atoms with Gasteiger partial charge in [0.05, 0.1) is 17.8 Å². The minimum atomic E-state index is -0.169. The first kappa shape index (κ1) is 19.2. The Morgan fingerprint density at radius 3 is 2.76 bits per heavy atom. The van der Waals surface area contributed by atoms with Gasteiger partial charge < -0.3 is 15.3 Å². The zero-order valence-electron chi connectivity index (χ0n) is 15.4. The van der Waals surface area contributed by atoms with E-state index in [-0.39, 0.29) is 24.0 Å². The van der Waals surface area contributed by atoms with Crippen LogP contribution in [0.4, 0.5) is 11.4 Å². The Morgan fingerprint density at radius 1 is 1.28 bits per heavy atom. The summed E-state index contributed by atoms with van der Waals surface area (Å²) in [6.45, 7) is 1.62. The predicted octanol–water partition coefficient (Wildman–Crippen LogP) is 5.19. The normalized spacial score (nSPS) is 13.9. The van der Waals surface area contributed by atoms with Crippen molar-refractivity contribution in [3.05, 3.63) is 69.7 Å². The van der Waals surface area contributed by atoms with Crippen LogP contribution in [0.25, 0.3) is 16.8 Å². The number of nitrogens with zero attached hydrogens (tertiary/aromatic N) is 2. The molecule has 0 aliphatic carbocycles.